The molecule has 0 amide bonds. The molecule has 1 aromatic heterocycles. The molecule has 124 valence electrons. The van der Waals surface area contributed by atoms with E-state index in [1.807, 2.05) is 11.4 Å². The first-order valence-electron chi connectivity index (χ1n) is 6.89. The van der Waals surface area contributed by atoms with Gasteiger partial charge in [0, 0.05) is 21.2 Å². The molecule has 0 saturated carbocycles. The minimum Gasteiger partial charge on any atom is -0.496 e. The molecule has 0 saturated heterocycles. The Morgan fingerprint density at radius 2 is 2.00 bits per heavy atom. The van der Waals surface area contributed by atoms with Crippen molar-refractivity contribution in [3.63, 3.8) is 0 Å². The van der Waals surface area contributed by atoms with Crippen molar-refractivity contribution in [2.24, 2.45) is 0 Å². The summed E-state index contributed by atoms with van der Waals surface area (Å²) in [6, 6.07) is 6.79. The van der Waals surface area contributed by atoms with Crippen molar-refractivity contribution in [3.8, 4) is 16.9 Å². The fourth-order valence-electron chi connectivity index (χ4n) is 2.77. The summed E-state index contributed by atoms with van der Waals surface area (Å²) >= 11 is 13.5. The van der Waals surface area contributed by atoms with E-state index in [0.29, 0.717) is 26.9 Å². The predicted molar refractivity (Wildman–Crippen MR) is 96.7 cm³/mol. The monoisotopic (exact) mass is 382 g/mol. The molecule has 3 rings (SSSR count). The Morgan fingerprint density at radius 1 is 1.25 bits per heavy atom. The molecule has 4 nitrogen and oxygen atoms in total. The minimum absolute atomic E-state index is 0.00249. The summed E-state index contributed by atoms with van der Waals surface area (Å²) in [5.74, 6) is -0.774. The second-order valence-electron chi connectivity index (χ2n) is 5.02. The van der Waals surface area contributed by atoms with Crippen LogP contribution in [0.2, 0.25) is 10.0 Å². The maximum absolute atomic E-state index is 11.9. The Bertz CT molecular complexity index is 949. The second kappa shape index (κ2) is 6.61. The largest absolute Gasteiger partial charge is 0.496 e. The van der Waals surface area contributed by atoms with Gasteiger partial charge in [0.15, 0.2) is 0 Å². The van der Waals surface area contributed by atoms with E-state index in [1.165, 1.54) is 18.4 Å². The molecular formula is C17H12Cl2O4S. The Morgan fingerprint density at radius 3 is 2.58 bits per heavy atom. The van der Waals surface area contributed by atoms with E-state index >= 15 is 0 Å². The van der Waals surface area contributed by atoms with Gasteiger partial charge in [0.2, 0.25) is 0 Å². The number of ether oxygens (including phenoxy) is 1. The van der Waals surface area contributed by atoms with Crippen LogP contribution >= 0.6 is 34.5 Å². The third kappa shape index (κ3) is 2.63. The van der Waals surface area contributed by atoms with Crippen molar-refractivity contribution in [2.75, 3.05) is 7.11 Å². The van der Waals surface area contributed by atoms with Gasteiger partial charge in [0.1, 0.15) is 5.75 Å². The van der Waals surface area contributed by atoms with Crippen LogP contribution in [0.25, 0.3) is 21.2 Å². The van der Waals surface area contributed by atoms with Gasteiger partial charge in [-0.3, -0.25) is 0 Å². The van der Waals surface area contributed by atoms with E-state index in [9.17, 15) is 15.0 Å². The van der Waals surface area contributed by atoms with E-state index in [4.69, 9.17) is 27.9 Å². The summed E-state index contributed by atoms with van der Waals surface area (Å²) in [7, 11) is 1.45. The Labute approximate surface area is 151 Å². The average Bonchev–Trinajstić information content (AvgIpc) is 3.04. The van der Waals surface area contributed by atoms with Gasteiger partial charge in [-0.15, -0.1) is 11.3 Å². The number of hydrogen-bond acceptors (Lipinski definition) is 4. The average molecular weight is 383 g/mol. The van der Waals surface area contributed by atoms with Crippen molar-refractivity contribution in [2.45, 2.75) is 6.61 Å². The smallest absolute Gasteiger partial charge is 0.336 e. The zero-order valence-electron chi connectivity index (χ0n) is 12.5. The lowest BCUT2D eigenvalue weighted by molar-refractivity contribution is 0.0694. The van der Waals surface area contributed by atoms with Crippen LogP contribution in [0.3, 0.4) is 0 Å². The number of aliphatic hydroxyl groups excluding tert-OH is 1. The van der Waals surface area contributed by atoms with Gasteiger partial charge in [-0.25, -0.2) is 4.79 Å². The number of hydrogen-bond donors (Lipinski definition) is 2. The summed E-state index contributed by atoms with van der Waals surface area (Å²) < 4.78 is 6.12. The Balaban J connectivity index is 2.49. The fraction of sp³-hybridized carbons (Fsp3) is 0.118. The van der Waals surface area contributed by atoms with Gasteiger partial charge in [-0.1, -0.05) is 29.3 Å². The second-order valence-corrected chi connectivity index (χ2v) is 6.75. The lowest BCUT2D eigenvalue weighted by Crippen LogP contribution is -2.08. The number of thiophene rings is 1. The highest BCUT2D eigenvalue weighted by molar-refractivity contribution is 7.17. The molecule has 0 fully saturated rings. The number of carbonyl (C=O) groups is 1. The number of aliphatic hydroxyl groups is 1. The van der Waals surface area contributed by atoms with Crippen LogP contribution in [-0.4, -0.2) is 23.3 Å². The van der Waals surface area contributed by atoms with Crippen molar-refractivity contribution < 1.29 is 19.7 Å². The number of aromatic carboxylic acids is 1. The third-order valence-electron chi connectivity index (χ3n) is 3.75. The summed E-state index contributed by atoms with van der Waals surface area (Å²) in [6.45, 7) is -0.453. The van der Waals surface area contributed by atoms with Gasteiger partial charge in [-0.2, -0.15) is 0 Å². The lowest BCUT2D eigenvalue weighted by atomic mass is 9.93. The predicted octanol–water partition coefficient (Wildman–Crippen LogP) is 5.07. The topological polar surface area (TPSA) is 66.8 Å². The molecule has 0 unspecified atom stereocenters. The van der Waals surface area contributed by atoms with Gasteiger partial charge >= 0.3 is 5.97 Å². The summed E-state index contributed by atoms with van der Waals surface area (Å²) in [5, 5.41) is 22.8. The van der Waals surface area contributed by atoms with Crippen LogP contribution in [-0.2, 0) is 6.61 Å². The molecule has 0 spiro atoms. The molecule has 0 aliphatic carbocycles. The van der Waals surface area contributed by atoms with Crippen LogP contribution in [0.5, 0.6) is 5.75 Å². The zero-order chi connectivity index (χ0) is 17.4. The molecule has 0 bridgehead atoms. The summed E-state index contributed by atoms with van der Waals surface area (Å²) in [6.07, 6.45) is 0. The maximum atomic E-state index is 11.9. The van der Waals surface area contributed by atoms with Crippen LogP contribution in [0, 0.1) is 0 Å². The standard InChI is InChI=1S/C17H12Cl2O4S/c1-23-15-9-4-5-24-16(9)13(14(17(21)22)10(15)7-20)8-2-3-11(18)12(19)6-8/h2-6,20H,7H2,1H3,(H,21,22). The highest BCUT2D eigenvalue weighted by atomic mass is 35.5. The maximum Gasteiger partial charge on any atom is 0.336 e. The number of methoxy groups -OCH3 is 1. The number of carboxylic acid groups (broad SMARTS) is 1. The van der Waals surface area contributed by atoms with Crippen molar-refractivity contribution in [1.29, 1.82) is 0 Å². The molecule has 0 atom stereocenters. The summed E-state index contributed by atoms with van der Waals surface area (Å²) in [5.41, 5.74) is 1.35. The van der Waals surface area contributed by atoms with E-state index in [0.717, 1.165) is 10.1 Å². The highest BCUT2D eigenvalue weighted by Gasteiger charge is 2.26. The van der Waals surface area contributed by atoms with Crippen LogP contribution in [0.4, 0.5) is 0 Å². The number of rotatable bonds is 4. The molecule has 2 aromatic carbocycles. The first kappa shape index (κ1) is 17.0. The van der Waals surface area contributed by atoms with E-state index in [-0.39, 0.29) is 11.1 Å². The Hall–Kier alpha value is -1.79. The molecule has 0 radical (unpaired) electrons. The third-order valence-corrected chi connectivity index (χ3v) is 5.42. The summed E-state index contributed by atoms with van der Waals surface area (Å²) in [4.78, 5) is 11.9. The number of benzene rings is 2. The molecule has 3 aromatic rings. The van der Waals surface area contributed by atoms with E-state index in [2.05, 4.69) is 0 Å². The van der Waals surface area contributed by atoms with Gasteiger partial charge in [-0.05, 0) is 29.1 Å². The van der Waals surface area contributed by atoms with E-state index < -0.39 is 12.6 Å². The van der Waals surface area contributed by atoms with Crippen LogP contribution < -0.4 is 4.74 Å². The molecule has 1 heterocycles. The molecule has 2 N–H and O–H groups in total. The normalized spacial score (nSPS) is 11.0. The molecular weight excluding hydrogens is 371 g/mol. The number of halogens is 2. The molecule has 24 heavy (non-hydrogen) atoms. The van der Waals surface area contributed by atoms with Crippen molar-refractivity contribution in [1.82, 2.24) is 0 Å². The quantitative estimate of drug-likeness (QED) is 0.660. The van der Waals surface area contributed by atoms with Gasteiger partial charge in [0.25, 0.3) is 0 Å². The van der Waals surface area contributed by atoms with Gasteiger partial charge in [0.05, 0.1) is 29.3 Å². The molecule has 7 heteroatoms. The Kier molecular flexibility index (Phi) is 4.69. The first-order chi connectivity index (χ1) is 11.5. The number of fused-ring (bicyclic) bond motifs is 1. The van der Waals surface area contributed by atoms with Crippen molar-refractivity contribution >= 4 is 50.6 Å². The number of carboxylic acids is 1. The van der Waals surface area contributed by atoms with Crippen LogP contribution in [0.15, 0.2) is 29.6 Å². The van der Waals surface area contributed by atoms with Crippen molar-refractivity contribution in [3.05, 3.63) is 50.8 Å². The zero-order valence-corrected chi connectivity index (χ0v) is 14.8. The lowest BCUT2D eigenvalue weighted by Gasteiger charge is -2.17. The highest BCUT2D eigenvalue weighted by Crippen LogP contribution is 2.44. The van der Waals surface area contributed by atoms with Crippen LogP contribution in [0.1, 0.15) is 15.9 Å². The van der Waals surface area contributed by atoms with E-state index in [1.54, 1.807) is 18.2 Å². The molecule has 0 aliphatic heterocycles. The first-order valence-corrected chi connectivity index (χ1v) is 8.52. The van der Waals surface area contributed by atoms with Gasteiger partial charge < -0.3 is 14.9 Å². The minimum atomic E-state index is -1.14. The SMILES string of the molecule is COc1c(CO)c(C(=O)O)c(-c2ccc(Cl)c(Cl)c2)c2sccc12. The fourth-order valence-corrected chi connectivity index (χ4v) is 4.03. The molecule has 0 aliphatic rings.